The Hall–Kier alpha value is -1.37. The number of likely N-dealkylation sites (tertiary alicyclic amines) is 1. The van der Waals surface area contributed by atoms with Crippen LogP contribution in [0.3, 0.4) is 0 Å². The van der Waals surface area contributed by atoms with Gasteiger partial charge in [0.1, 0.15) is 5.60 Å². The zero-order chi connectivity index (χ0) is 10.8. The maximum Gasteiger partial charge on any atom is 0.407 e. The van der Waals surface area contributed by atoms with E-state index in [4.69, 9.17) is 5.11 Å². The second-order valence-electron chi connectivity index (χ2n) is 3.48. The molecule has 7 heteroatoms. The number of rotatable bonds is 2. The van der Waals surface area contributed by atoms with Crippen molar-refractivity contribution in [2.45, 2.75) is 18.4 Å². The molecule has 1 fully saturated rings. The smallest absolute Gasteiger partial charge is 0.407 e. The third-order valence-corrected chi connectivity index (χ3v) is 2.39. The Bertz CT molecular complexity index is 246. The second-order valence-corrected chi connectivity index (χ2v) is 3.48. The van der Waals surface area contributed by atoms with Crippen molar-refractivity contribution >= 4 is 6.09 Å². The van der Waals surface area contributed by atoms with Gasteiger partial charge in [0.05, 0.1) is 0 Å². The van der Waals surface area contributed by atoms with Gasteiger partial charge in [-0.05, 0) is 0 Å². The van der Waals surface area contributed by atoms with Crippen LogP contribution >= 0.6 is 0 Å². The summed E-state index contributed by atoms with van der Waals surface area (Å²) in [6.07, 6.45) is -0.797. The van der Waals surface area contributed by atoms with Crippen LogP contribution in [-0.4, -0.2) is 51.4 Å². The Morgan fingerprint density at radius 2 is 2.00 bits per heavy atom. The van der Waals surface area contributed by atoms with Gasteiger partial charge in [-0.2, -0.15) is 0 Å². The molecule has 0 spiro atoms. The number of hydrogen-bond acceptors (Lipinski definition) is 4. The zero-order valence-corrected chi connectivity index (χ0v) is 7.55. The molecule has 0 radical (unpaired) electrons. The second kappa shape index (κ2) is 3.79. The molecule has 14 heavy (non-hydrogen) atoms. The maximum atomic E-state index is 10.5. The molecule has 1 saturated heterocycles. The van der Waals surface area contributed by atoms with Crippen LogP contribution in [0.2, 0.25) is 0 Å². The lowest BCUT2D eigenvalue weighted by atomic mass is 9.92. The van der Waals surface area contributed by atoms with Gasteiger partial charge in [0.25, 0.3) is 0 Å². The van der Waals surface area contributed by atoms with Gasteiger partial charge in [0.15, 0.2) is 0 Å². The van der Waals surface area contributed by atoms with Gasteiger partial charge in [-0.1, -0.05) is 0 Å². The minimum absolute atomic E-state index is 0.125. The number of hydrogen-bond donors (Lipinski definition) is 2. The molecule has 1 rings (SSSR count). The highest BCUT2D eigenvalue weighted by atomic mass is 16.6. The molecule has 0 atom stereocenters. The standard InChI is InChI=1S/C7H12N2O5/c10-6(11)8-3-1-7(12,2-4-8)5-9(13)14/h12H,1-5H2,(H,10,11). The first kappa shape index (κ1) is 10.7. The summed E-state index contributed by atoms with van der Waals surface area (Å²) in [6.45, 7) is -0.209. The summed E-state index contributed by atoms with van der Waals surface area (Å²) in [6, 6.07) is 0. The van der Waals surface area contributed by atoms with E-state index >= 15 is 0 Å². The third kappa shape index (κ3) is 2.56. The van der Waals surface area contributed by atoms with Crippen molar-refractivity contribution in [3.05, 3.63) is 10.1 Å². The number of nitro groups is 1. The molecule has 0 unspecified atom stereocenters. The molecule has 1 amide bonds. The molecule has 0 aliphatic carbocycles. The van der Waals surface area contributed by atoms with Gasteiger partial charge in [0.2, 0.25) is 6.54 Å². The molecule has 1 heterocycles. The topological polar surface area (TPSA) is 104 Å². The molecule has 1 aliphatic rings. The van der Waals surface area contributed by atoms with E-state index < -0.39 is 23.2 Å². The molecule has 0 aromatic heterocycles. The summed E-state index contributed by atoms with van der Waals surface area (Å²) < 4.78 is 0. The zero-order valence-electron chi connectivity index (χ0n) is 7.55. The molecule has 0 saturated carbocycles. The molecule has 7 nitrogen and oxygen atoms in total. The summed E-state index contributed by atoms with van der Waals surface area (Å²) in [4.78, 5) is 21.3. The molecule has 1 aliphatic heterocycles. The van der Waals surface area contributed by atoms with Gasteiger partial charge in [0, 0.05) is 30.9 Å². The van der Waals surface area contributed by atoms with E-state index in [1.165, 1.54) is 0 Å². The van der Waals surface area contributed by atoms with Crippen molar-refractivity contribution < 1.29 is 19.9 Å². The summed E-state index contributed by atoms with van der Waals surface area (Å²) in [7, 11) is 0. The van der Waals surface area contributed by atoms with E-state index in [9.17, 15) is 20.0 Å². The van der Waals surface area contributed by atoms with Crippen molar-refractivity contribution in [1.29, 1.82) is 0 Å². The summed E-state index contributed by atoms with van der Waals surface area (Å²) in [5, 5.41) is 28.5. The molecule has 80 valence electrons. The van der Waals surface area contributed by atoms with Gasteiger partial charge in [-0.15, -0.1) is 0 Å². The first-order valence-corrected chi connectivity index (χ1v) is 4.25. The van der Waals surface area contributed by atoms with Crippen molar-refractivity contribution in [2.75, 3.05) is 19.6 Å². The Kier molecular flexibility index (Phi) is 2.90. The molecule has 2 N–H and O–H groups in total. The number of amides is 1. The normalized spacial score (nSPS) is 20.5. The van der Waals surface area contributed by atoms with Crippen LogP contribution in [0.5, 0.6) is 0 Å². The van der Waals surface area contributed by atoms with E-state index in [0.29, 0.717) is 0 Å². The van der Waals surface area contributed by atoms with E-state index in [1.54, 1.807) is 0 Å². The highest BCUT2D eigenvalue weighted by Gasteiger charge is 2.38. The van der Waals surface area contributed by atoms with Crippen LogP contribution in [0.25, 0.3) is 0 Å². The lowest BCUT2D eigenvalue weighted by molar-refractivity contribution is -0.502. The van der Waals surface area contributed by atoms with E-state index in [1.807, 2.05) is 0 Å². The number of carbonyl (C=O) groups is 1. The average Bonchev–Trinajstić information content (AvgIpc) is 2.02. The number of carboxylic acid groups (broad SMARTS) is 1. The molecular formula is C7H12N2O5. The summed E-state index contributed by atoms with van der Waals surface area (Å²) in [5.41, 5.74) is -1.34. The van der Waals surface area contributed by atoms with Crippen LogP contribution in [0.4, 0.5) is 4.79 Å². The van der Waals surface area contributed by atoms with Gasteiger partial charge in [-0.3, -0.25) is 10.1 Å². The minimum Gasteiger partial charge on any atom is -0.465 e. The Labute approximate surface area is 80.1 Å². The summed E-state index contributed by atoms with van der Waals surface area (Å²) >= 11 is 0. The number of nitrogens with zero attached hydrogens (tertiary/aromatic N) is 2. The lowest BCUT2D eigenvalue weighted by Crippen LogP contribution is -2.49. The minimum atomic E-state index is -1.34. The van der Waals surface area contributed by atoms with E-state index in [0.717, 1.165) is 4.90 Å². The molecule has 0 bridgehead atoms. The van der Waals surface area contributed by atoms with Gasteiger partial charge < -0.3 is 15.1 Å². The third-order valence-electron chi connectivity index (χ3n) is 2.39. The predicted molar refractivity (Wildman–Crippen MR) is 45.6 cm³/mol. The SMILES string of the molecule is O=C(O)N1CCC(O)(C[N+](=O)[O-])CC1. The van der Waals surface area contributed by atoms with Crippen LogP contribution in [0.15, 0.2) is 0 Å². The fourth-order valence-corrected chi connectivity index (χ4v) is 1.51. The number of aliphatic hydroxyl groups is 1. The van der Waals surface area contributed by atoms with Crippen LogP contribution in [-0.2, 0) is 0 Å². The van der Waals surface area contributed by atoms with Crippen LogP contribution < -0.4 is 0 Å². The monoisotopic (exact) mass is 204 g/mol. The van der Waals surface area contributed by atoms with Crippen LogP contribution in [0.1, 0.15) is 12.8 Å². The van der Waals surface area contributed by atoms with Crippen LogP contribution in [0, 0.1) is 10.1 Å². The largest absolute Gasteiger partial charge is 0.465 e. The van der Waals surface area contributed by atoms with Gasteiger partial charge >= 0.3 is 6.09 Å². The lowest BCUT2D eigenvalue weighted by Gasteiger charge is -2.34. The molecule has 0 aromatic rings. The fraction of sp³-hybridized carbons (Fsp3) is 0.857. The number of piperidine rings is 1. The maximum absolute atomic E-state index is 10.5. The summed E-state index contributed by atoms with van der Waals surface area (Å²) in [5.74, 6) is 0. The Morgan fingerprint density at radius 1 is 1.50 bits per heavy atom. The Morgan fingerprint density at radius 3 is 2.36 bits per heavy atom. The average molecular weight is 204 g/mol. The van der Waals surface area contributed by atoms with E-state index in [-0.39, 0.29) is 25.9 Å². The van der Waals surface area contributed by atoms with Crippen molar-refractivity contribution in [3.63, 3.8) is 0 Å². The molecule has 0 aromatic carbocycles. The van der Waals surface area contributed by atoms with Crippen molar-refractivity contribution in [2.24, 2.45) is 0 Å². The molecular weight excluding hydrogens is 192 g/mol. The predicted octanol–water partition coefficient (Wildman–Crippen LogP) is -0.232. The van der Waals surface area contributed by atoms with Crippen molar-refractivity contribution in [1.82, 2.24) is 4.90 Å². The first-order chi connectivity index (χ1) is 6.43. The first-order valence-electron chi connectivity index (χ1n) is 4.25. The Balaban J connectivity index is 2.48. The highest BCUT2D eigenvalue weighted by molar-refractivity contribution is 5.65. The fourth-order valence-electron chi connectivity index (χ4n) is 1.51. The van der Waals surface area contributed by atoms with E-state index in [2.05, 4.69) is 0 Å². The van der Waals surface area contributed by atoms with Gasteiger partial charge in [-0.25, -0.2) is 4.79 Å². The quantitative estimate of drug-likeness (QED) is 0.477. The highest BCUT2D eigenvalue weighted by Crippen LogP contribution is 2.22. The van der Waals surface area contributed by atoms with Crippen molar-refractivity contribution in [3.8, 4) is 0 Å².